The predicted octanol–water partition coefficient (Wildman–Crippen LogP) is 3.34. The van der Waals surface area contributed by atoms with Crippen LogP contribution in [0.5, 0.6) is 0 Å². The lowest BCUT2D eigenvalue weighted by molar-refractivity contribution is 0.181. The molecule has 0 amide bonds. The Bertz CT molecular complexity index is 205. The topological polar surface area (TPSA) is 3.24 Å². The van der Waals surface area contributed by atoms with E-state index in [4.69, 9.17) is 0 Å². The van der Waals surface area contributed by atoms with Gasteiger partial charge in [-0.15, -0.1) is 0 Å². The molecular weight excluding hydrogens is 158 g/mol. The Morgan fingerprint density at radius 1 is 1.15 bits per heavy atom. The van der Waals surface area contributed by atoms with Gasteiger partial charge in [-0.2, -0.15) is 0 Å². The smallest absolute Gasteiger partial charge is 0.0579 e. The van der Waals surface area contributed by atoms with E-state index in [2.05, 4.69) is 50.1 Å². The molecule has 0 aliphatic carbocycles. The van der Waals surface area contributed by atoms with Crippen molar-refractivity contribution in [2.75, 3.05) is 6.54 Å². The molecule has 1 rings (SSSR count). The first kappa shape index (κ1) is 10.4. The van der Waals surface area contributed by atoms with E-state index in [1.165, 1.54) is 19.3 Å². The molecule has 1 aliphatic heterocycles. The Morgan fingerprint density at radius 3 is 2.46 bits per heavy atom. The molecule has 1 heteroatoms. The van der Waals surface area contributed by atoms with E-state index in [-0.39, 0.29) is 0 Å². The molecule has 0 saturated carbocycles. The van der Waals surface area contributed by atoms with Crippen LogP contribution in [0.1, 0.15) is 40.0 Å². The minimum absolute atomic E-state index is 0.304. The molecule has 13 heavy (non-hydrogen) atoms. The van der Waals surface area contributed by atoms with Crippen molar-refractivity contribution in [2.24, 2.45) is 0 Å². The molecule has 1 atom stereocenters. The Kier molecular flexibility index (Phi) is 3.58. The van der Waals surface area contributed by atoms with Crippen LogP contribution in [0.2, 0.25) is 0 Å². The second-order valence-corrected chi connectivity index (χ2v) is 3.69. The molecule has 1 nitrogen and oxygen atoms in total. The molecule has 1 heterocycles. The molecule has 0 spiro atoms. The lowest BCUT2D eigenvalue weighted by atomic mass is 9.87. The van der Waals surface area contributed by atoms with Gasteiger partial charge < -0.3 is 4.90 Å². The normalized spacial score (nSPS) is 26.8. The summed E-state index contributed by atoms with van der Waals surface area (Å²) in [5.41, 5.74) is 0.304. The van der Waals surface area contributed by atoms with Crippen molar-refractivity contribution < 1.29 is 0 Å². The quantitative estimate of drug-likeness (QED) is 0.639. The van der Waals surface area contributed by atoms with Crippen LogP contribution < -0.4 is 0 Å². The van der Waals surface area contributed by atoms with E-state index in [1.54, 1.807) is 0 Å². The molecule has 0 saturated heterocycles. The van der Waals surface area contributed by atoms with E-state index >= 15 is 0 Å². The molecular formula is C12H21N. The summed E-state index contributed by atoms with van der Waals surface area (Å²) in [6.45, 7) is 7.87. The third kappa shape index (κ3) is 1.96. The van der Waals surface area contributed by atoms with Gasteiger partial charge in [0, 0.05) is 6.54 Å². The van der Waals surface area contributed by atoms with E-state index in [9.17, 15) is 0 Å². The maximum atomic E-state index is 2.45. The van der Waals surface area contributed by atoms with Crippen LogP contribution in [0, 0.1) is 0 Å². The summed E-state index contributed by atoms with van der Waals surface area (Å²) in [4.78, 5) is 2.45. The zero-order valence-corrected chi connectivity index (χ0v) is 9.09. The van der Waals surface area contributed by atoms with Crippen molar-refractivity contribution in [3.63, 3.8) is 0 Å². The van der Waals surface area contributed by atoms with Gasteiger partial charge in [0.2, 0.25) is 0 Å². The second-order valence-electron chi connectivity index (χ2n) is 3.69. The fourth-order valence-corrected chi connectivity index (χ4v) is 2.21. The largest absolute Gasteiger partial charge is 0.369 e. The number of likely N-dealkylation sites (N-methyl/N-ethyl adjacent to an activating group) is 1. The van der Waals surface area contributed by atoms with Crippen molar-refractivity contribution in [3.8, 4) is 0 Å². The van der Waals surface area contributed by atoms with Gasteiger partial charge in [-0.3, -0.25) is 0 Å². The Balaban J connectivity index is 2.81. The number of allylic oxidation sites excluding steroid dienone is 2. The molecule has 0 N–H and O–H groups in total. The number of hydrogen-bond donors (Lipinski definition) is 0. The van der Waals surface area contributed by atoms with E-state index in [0.29, 0.717) is 5.54 Å². The zero-order valence-electron chi connectivity index (χ0n) is 9.09. The van der Waals surface area contributed by atoms with Crippen LogP contribution >= 0.6 is 0 Å². The van der Waals surface area contributed by atoms with Gasteiger partial charge >= 0.3 is 0 Å². The van der Waals surface area contributed by atoms with E-state index < -0.39 is 0 Å². The molecule has 1 aliphatic rings. The highest BCUT2D eigenvalue weighted by atomic mass is 15.2. The second kappa shape index (κ2) is 4.50. The average Bonchev–Trinajstić information content (AvgIpc) is 2.19. The lowest BCUT2D eigenvalue weighted by Gasteiger charge is -2.42. The van der Waals surface area contributed by atoms with Crippen LogP contribution in [-0.2, 0) is 0 Å². The highest BCUT2D eigenvalue weighted by Gasteiger charge is 2.29. The van der Waals surface area contributed by atoms with Crippen molar-refractivity contribution in [2.45, 2.75) is 45.6 Å². The Hall–Kier alpha value is -0.720. The first-order chi connectivity index (χ1) is 6.29. The molecule has 1 unspecified atom stereocenters. The van der Waals surface area contributed by atoms with E-state index in [0.717, 1.165) is 6.54 Å². The highest BCUT2D eigenvalue weighted by molar-refractivity contribution is 5.20. The minimum Gasteiger partial charge on any atom is -0.369 e. The maximum Gasteiger partial charge on any atom is 0.0579 e. The van der Waals surface area contributed by atoms with Gasteiger partial charge in [0.05, 0.1) is 5.54 Å². The lowest BCUT2D eigenvalue weighted by Crippen LogP contribution is -2.44. The van der Waals surface area contributed by atoms with Gasteiger partial charge in [-0.1, -0.05) is 32.4 Å². The van der Waals surface area contributed by atoms with Gasteiger partial charge in [-0.05, 0) is 32.0 Å². The van der Waals surface area contributed by atoms with Gasteiger partial charge in [-0.25, -0.2) is 0 Å². The van der Waals surface area contributed by atoms with Crippen LogP contribution in [-0.4, -0.2) is 17.0 Å². The summed E-state index contributed by atoms with van der Waals surface area (Å²) in [6, 6.07) is 0. The van der Waals surface area contributed by atoms with E-state index in [1.807, 2.05) is 0 Å². The number of rotatable bonds is 4. The SMILES string of the molecule is CCCC1(CC)C=CC=CN1CC. The Labute approximate surface area is 82.1 Å². The van der Waals surface area contributed by atoms with Crippen LogP contribution in [0.25, 0.3) is 0 Å². The fourth-order valence-electron chi connectivity index (χ4n) is 2.21. The summed E-state index contributed by atoms with van der Waals surface area (Å²) < 4.78 is 0. The first-order valence-corrected chi connectivity index (χ1v) is 5.42. The molecule has 0 aromatic carbocycles. The standard InChI is InChI=1S/C12H21N/c1-4-9-12(5-2)10-7-8-11-13(12)6-3/h7-8,10-11H,4-6,9H2,1-3H3. The Morgan fingerprint density at radius 2 is 1.92 bits per heavy atom. The van der Waals surface area contributed by atoms with Gasteiger partial charge in [0.15, 0.2) is 0 Å². The van der Waals surface area contributed by atoms with Crippen molar-refractivity contribution in [1.82, 2.24) is 4.90 Å². The van der Waals surface area contributed by atoms with Crippen LogP contribution in [0.3, 0.4) is 0 Å². The zero-order chi connectivity index (χ0) is 9.73. The third-order valence-corrected chi connectivity index (χ3v) is 2.99. The van der Waals surface area contributed by atoms with Gasteiger partial charge in [0.1, 0.15) is 0 Å². The monoisotopic (exact) mass is 179 g/mol. The van der Waals surface area contributed by atoms with Gasteiger partial charge in [0.25, 0.3) is 0 Å². The molecule has 0 radical (unpaired) electrons. The summed E-state index contributed by atoms with van der Waals surface area (Å²) >= 11 is 0. The van der Waals surface area contributed by atoms with Crippen molar-refractivity contribution in [3.05, 3.63) is 24.4 Å². The minimum atomic E-state index is 0.304. The van der Waals surface area contributed by atoms with Crippen molar-refractivity contribution >= 4 is 0 Å². The maximum absolute atomic E-state index is 2.45. The summed E-state index contributed by atoms with van der Waals surface area (Å²) in [6.07, 6.45) is 12.6. The predicted molar refractivity (Wildman–Crippen MR) is 58.6 cm³/mol. The summed E-state index contributed by atoms with van der Waals surface area (Å²) in [5, 5.41) is 0. The number of nitrogens with zero attached hydrogens (tertiary/aromatic N) is 1. The third-order valence-electron chi connectivity index (χ3n) is 2.99. The van der Waals surface area contributed by atoms with Crippen LogP contribution in [0.15, 0.2) is 24.4 Å². The molecule has 0 aromatic rings. The highest BCUT2D eigenvalue weighted by Crippen LogP contribution is 2.29. The molecule has 0 bridgehead atoms. The first-order valence-electron chi connectivity index (χ1n) is 5.42. The summed E-state index contributed by atoms with van der Waals surface area (Å²) in [5.74, 6) is 0. The molecule has 0 fully saturated rings. The van der Waals surface area contributed by atoms with Crippen molar-refractivity contribution in [1.29, 1.82) is 0 Å². The van der Waals surface area contributed by atoms with Crippen LogP contribution in [0.4, 0.5) is 0 Å². The fraction of sp³-hybridized carbons (Fsp3) is 0.667. The summed E-state index contributed by atoms with van der Waals surface area (Å²) in [7, 11) is 0. The molecule has 74 valence electrons. The average molecular weight is 179 g/mol. The number of hydrogen-bond acceptors (Lipinski definition) is 1. The molecule has 0 aromatic heterocycles.